The van der Waals surface area contributed by atoms with Crippen molar-refractivity contribution in [3.63, 3.8) is 0 Å². The molecule has 0 aliphatic rings. The van der Waals surface area contributed by atoms with Crippen LogP contribution in [0.1, 0.15) is 44.3 Å². The number of aromatic nitrogens is 4. The number of carbonyl (C=O) groups is 2. The first-order valence-corrected chi connectivity index (χ1v) is 16.3. The van der Waals surface area contributed by atoms with E-state index in [-0.39, 0.29) is 44.8 Å². The van der Waals surface area contributed by atoms with Gasteiger partial charge < -0.3 is 43.7 Å². The number of aliphatic hydroxyl groups is 3. The van der Waals surface area contributed by atoms with Crippen LogP contribution in [-0.2, 0) is 46.0 Å². The number of imidazole rings is 2. The first-order valence-electron chi connectivity index (χ1n) is 16.3. The van der Waals surface area contributed by atoms with Crippen LogP contribution < -0.4 is 9.80 Å². The molecule has 0 amide bonds. The molecular formula is C34H48N6O7. The molecule has 47 heavy (non-hydrogen) atoms. The van der Waals surface area contributed by atoms with Crippen molar-refractivity contribution in [1.29, 1.82) is 0 Å². The number of anilines is 2. The number of aliphatic hydroxyl groups excluding tert-OH is 3. The average Bonchev–Trinajstić information content (AvgIpc) is 3.54. The molecule has 0 radical (unpaired) electrons. The van der Waals surface area contributed by atoms with E-state index >= 15 is 0 Å². The molecule has 3 N–H and O–H groups in total. The minimum Gasteiger partial charge on any atom is -0.466 e. The molecule has 4 rings (SSSR count). The Morgan fingerprint density at radius 1 is 0.702 bits per heavy atom. The topological polar surface area (TPSA) is 155 Å². The molecule has 0 aliphatic heterocycles. The Labute approximate surface area is 275 Å². The Kier molecular flexibility index (Phi) is 13.4. The van der Waals surface area contributed by atoms with Gasteiger partial charge in [0, 0.05) is 70.8 Å². The molecule has 0 saturated carbocycles. The van der Waals surface area contributed by atoms with Crippen molar-refractivity contribution >= 4 is 45.4 Å². The number of rotatable bonds is 20. The standard InChI is InChI=1S/C34H48N6O7/c1-4-46-33(44)9-5-7-31-36-28-24-26(12-14-30(28)38(31)3)40(17-21-43)18-22-47-34(45)10-6-8-32-35-27-23-25(11-13-29(27)37(32)2)39(15-19-41)16-20-42/h11-14,23-24,41-43H,4-10,15-22H2,1-3H3. The second-order valence-corrected chi connectivity index (χ2v) is 11.4. The van der Waals surface area contributed by atoms with Gasteiger partial charge in [0.15, 0.2) is 0 Å². The van der Waals surface area contributed by atoms with Gasteiger partial charge in [-0.1, -0.05) is 0 Å². The van der Waals surface area contributed by atoms with E-state index in [4.69, 9.17) is 19.4 Å². The van der Waals surface area contributed by atoms with Crippen molar-refractivity contribution in [1.82, 2.24) is 19.1 Å². The molecule has 256 valence electrons. The van der Waals surface area contributed by atoms with Crippen molar-refractivity contribution in [2.75, 3.05) is 69.0 Å². The lowest BCUT2D eigenvalue weighted by molar-refractivity contribution is -0.144. The van der Waals surface area contributed by atoms with Crippen LogP contribution in [0.2, 0.25) is 0 Å². The number of benzene rings is 2. The summed E-state index contributed by atoms with van der Waals surface area (Å²) < 4.78 is 14.6. The summed E-state index contributed by atoms with van der Waals surface area (Å²) in [6, 6.07) is 11.8. The van der Waals surface area contributed by atoms with E-state index in [2.05, 4.69) is 0 Å². The highest BCUT2D eigenvalue weighted by Crippen LogP contribution is 2.25. The van der Waals surface area contributed by atoms with Gasteiger partial charge in [0.25, 0.3) is 0 Å². The van der Waals surface area contributed by atoms with Crippen molar-refractivity contribution in [2.24, 2.45) is 14.1 Å². The molecule has 4 aromatic rings. The normalized spacial score (nSPS) is 11.4. The van der Waals surface area contributed by atoms with Crippen molar-refractivity contribution in [2.45, 2.75) is 45.4 Å². The van der Waals surface area contributed by atoms with Gasteiger partial charge in [-0.05, 0) is 56.2 Å². The summed E-state index contributed by atoms with van der Waals surface area (Å²) in [6.45, 7) is 3.95. The number of fused-ring (bicyclic) bond motifs is 2. The minimum absolute atomic E-state index is 0.00927. The molecule has 0 saturated heterocycles. The lowest BCUT2D eigenvalue weighted by Crippen LogP contribution is -2.31. The number of hydrogen-bond acceptors (Lipinski definition) is 11. The maximum Gasteiger partial charge on any atom is 0.305 e. The second kappa shape index (κ2) is 17.6. The zero-order valence-corrected chi connectivity index (χ0v) is 27.7. The molecule has 0 atom stereocenters. The molecule has 0 spiro atoms. The SMILES string of the molecule is CCOC(=O)CCCc1nc2cc(N(CCO)CCOC(=O)CCCc3nc4cc(N(CCO)CCO)ccc4n3C)ccc2n1C. The number of aryl methyl sites for hydroxylation is 4. The molecule has 0 fully saturated rings. The Morgan fingerprint density at radius 3 is 1.60 bits per heavy atom. The van der Waals surface area contributed by atoms with E-state index in [0.717, 1.165) is 45.1 Å². The Morgan fingerprint density at radius 2 is 1.15 bits per heavy atom. The molecule has 2 aromatic carbocycles. The fourth-order valence-corrected chi connectivity index (χ4v) is 5.78. The largest absolute Gasteiger partial charge is 0.466 e. The summed E-state index contributed by atoms with van der Waals surface area (Å²) in [5.74, 6) is 1.26. The van der Waals surface area contributed by atoms with Crippen LogP contribution in [0.15, 0.2) is 36.4 Å². The van der Waals surface area contributed by atoms with Gasteiger partial charge in [-0.25, -0.2) is 9.97 Å². The number of ether oxygens (including phenoxy) is 2. The van der Waals surface area contributed by atoms with E-state index in [1.54, 1.807) is 6.92 Å². The molecule has 13 nitrogen and oxygen atoms in total. The van der Waals surface area contributed by atoms with E-state index < -0.39 is 0 Å². The molecule has 0 unspecified atom stereocenters. The maximum absolute atomic E-state index is 12.6. The lowest BCUT2D eigenvalue weighted by Gasteiger charge is -2.23. The maximum atomic E-state index is 12.6. The summed E-state index contributed by atoms with van der Waals surface area (Å²) >= 11 is 0. The van der Waals surface area contributed by atoms with E-state index in [9.17, 15) is 24.9 Å². The zero-order chi connectivity index (χ0) is 33.8. The smallest absolute Gasteiger partial charge is 0.305 e. The molecule has 13 heteroatoms. The molecule has 0 aliphatic carbocycles. The predicted molar refractivity (Wildman–Crippen MR) is 181 cm³/mol. The number of carbonyl (C=O) groups excluding carboxylic acids is 2. The van der Waals surface area contributed by atoms with Crippen molar-refractivity contribution in [3.05, 3.63) is 48.0 Å². The van der Waals surface area contributed by atoms with Crippen molar-refractivity contribution < 1.29 is 34.4 Å². The van der Waals surface area contributed by atoms with E-state index in [0.29, 0.717) is 64.9 Å². The minimum atomic E-state index is -0.286. The number of nitrogens with zero attached hydrogens (tertiary/aromatic N) is 6. The monoisotopic (exact) mass is 652 g/mol. The van der Waals surface area contributed by atoms with Crippen molar-refractivity contribution in [3.8, 4) is 0 Å². The summed E-state index contributed by atoms with van der Waals surface area (Å²) in [5.41, 5.74) is 5.35. The molecule has 2 aromatic heterocycles. The Bertz CT molecular complexity index is 1610. The van der Waals surface area contributed by atoms with Crippen LogP contribution in [0.25, 0.3) is 22.1 Å². The quantitative estimate of drug-likeness (QED) is 0.121. The van der Waals surface area contributed by atoms with E-state index in [1.165, 1.54) is 0 Å². The first kappa shape index (κ1) is 35.7. The highest BCUT2D eigenvalue weighted by Gasteiger charge is 2.15. The van der Waals surface area contributed by atoms with Gasteiger partial charge in [0.2, 0.25) is 0 Å². The fraction of sp³-hybridized carbons (Fsp3) is 0.529. The van der Waals surface area contributed by atoms with Gasteiger partial charge >= 0.3 is 11.9 Å². The third-order valence-corrected chi connectivity index (χ3v) is 8.25. The van der Waals surface area contributed by atoms with Gasteiger partial charge in [-0.15, -0.1) is 0 Å². The summed E-state index contributed by atoms with van der Waals surface area (Å²) in [4.78, 5) is 37.7. The van der Waals surface area contributed by atoms with Gasteiger partial charge in [-0.2, -0.15) is 0 Å². The van der Waals surface area contributed by atoms with Gasteiger partial charge in [-0.3, -0.25) is 9.59 Å². The average molecular weight is 653 g/mol. The lowest BCUT2D eigenvalue weighted by atomic mass is 10.2. The highest BCUT2D eigenvalue weighted by atomic mass is 16.5. The van der Waals surface area contributed by atoms with Crippen LogP contribution in [0.5, 0.6) is 0 Å². The van der Waals surface area contributed by atoms with Crippen LogP contribution in [-0.4, -0.2) is 106 Å². The summed E-state index contributed by atoms with van der Waals surface area (Å²) in [5, 5.41) is 28.4. The van der Waals surface area contributed by atoms with Gasteiger partial charge in [0.05, 0.1) is 55.0 Å². The van der Waals surface area contributed by atoms with Crippen LogP contribution in [0.4, 0.5) is 11.4 Å². The molecule has 0 bridgehead atoms. The number of hydrogen-bond donors (Lipinski definition) is 3. The molecular weight excluding hydrogens is 604 g/mol. The third-order valence-electron chi connectivity index (χ3n) is 8.25. The number of esters is 2. The summed E-state index contributed by atoms with van der Waals surface area (Å²) in [7, 11) is 3.91. The summed E-state index contributed by atoms with van der Waals surface area (Å²) in [6.07, 6.45) is 3.11. The van der Waals surface area contributed by atoms with Crippen LogP contribution in [0.3, 0.4) is 0 Å². The zero-order valence-electron chi connectivity index (χ0n) is 27.7. The van der Waals surface area contributed by atoms with Crippen LogP contribution in [0, 0.1) is 0 Å². The van der Waals surface area contributed by atoms with Crippen LogP contribution >= 0.6 is 0 Å². The first-order chi connectivity index (χ1) is 22.8. The van der Waals surface area contributed by atoms with Gasteiger partial charge in [0.1, 0.15) is 18.3 Å². The third kappa shape index (κ3) is 9.43. The van der Waals surface area contributed by atoms with E-state index in [1.807, 2.05) is 69.4 Å². The predicted octanol–water partition coefficient (Wildman–Crippen LogP) is 2.50. The fourth-order valence-electron chi connectivity index (χ4n) is 5.78. The highest BCUT2D eigenvalue weighted by molar-refractivity contribution is 5.81. The Hall–Kier alpha value is -4.20. The molecule has 2 heterocycles. The second-order valence-electron chi connectivity index (χ2n) is 11.4. The Balaban J connectivity index is 1.28.